The third-order valence-electron chi connectivity index (χ3n) is 13.8. The van der Waals surface area contributed by atoms with Crippen molar-refractivity contribution in [1.82, 2.24) is 0 Å². The van der Waals surface area contributed by atoms with E-state index >= 15 is 0 Å². The molecule has 0 aliphatic heterocycles. The Labute approximate surface area is 442 Å². The highest BCUT2D eigenvalue weighted by Gasteiger charge is 2.41. The highest BCUT2D eigenvalue weighted by molar-refractivity contribution is 14.1. The van der Waals surface area contributed by atoms with Crippen LogP contribution in [0.3, 0.4) is 0 Å². The van der Waals surface area contributed by atoms with E-state index in [0.29, 0.717) is 35.5 Å². The third kappa shape index (κ3) is 11.9. The quantitative estimate of drug-likeness (QED) is 0.0848. The second-order valence-corrected chi connectivity index (χ2v) is 28.2. The molecule has 0 saturated carbocycles. The fourth-order valence-corrected chi connectivity index (χ4v) is 16.4. The van der Waals surface area contributed by atoms with Gasteiger partial charge < -0.3 is 9.47 Å². The molecule has 0 N–H and O–H groups in total. The zero-order valence-corrected chi connectivity index (χ0v) is 50.4. The molecule has 0 atom stereocenters. The molecule has 0 saturated heterocycles. The van der Waals surface area contributed by atoms with E-state index < -0.39 is 7.92 Å². The summed E-state index contributed by atoms with van der Waals surface area (Å²) in [5, 5.41) is 1.64. The topological polar surface area (TPSA) is 18.5 Å². The van der Waals surface area contributed by atoms with Crippen molar-refractivity contribution >= 4 is 35.8 Å². The molecule has 6 aromatic carbocycles. The minimum atomic E-state index is -0.597. The predicted molar refractivity (Wildman–Crippen MR) is 321 cm³/mol. The first-order chi connectivity index (χ1) is 32.7. The summed E-state index contributed by atoms with van der Waals surface area (Å²) in [5.74, 6) is 4.43. The fraction of sp³-hybridized carbons (Fsp3) is 0.455. The van der Waals surface area contributed by atoms with E-state index in [4.69, 9.17) is 9.47 Å². The number of ether oxygens (including phenoxy) is 2. The Bertz CT molecular complexity index is 2710. The number of hydrogen-bond donors (Lipinski definition) is 0. The van der Waals surface area contributed by atoms with Crippen molar-refractivity contribution in [3.63, 3.8) is 0 Å². The highest BCUT2D eigenvalue weighted by atomic mass is 127. The summed E-state index contributed by atoms with van der Waals surface area (Å²) in [6.07, 6.45) is 0. The average molecular weight is 1070 g/mol. The fourth-order valence-electron chi connectivity index (χ4n) is 11.1. The molecule has 0 bridgehead atoms. The van der Waals surface area contributed by atoms with Crippen LogP contribution in [0.4, 0.5) is 0 Å². The first-order valence-electron chi connectivity index (χ1n) is 26.0. The van der Waals surface area contributed by atoms with Crippen LogP contribution < -0.4 is 14.8 Å². The summed E-state index contributed by atoms with van der Waals surface area (Å²) in [5.41, 5.74) is 22.4. The molecule has 2 nitrogen and oxygen atoms in total. The summed E-state index contributed by atoms with van der Waals surface area (Å²) in [7, 11) is 3.02. The van der Waals surface area contributed by atoms with Crippen LogP contribution in [0.5, 0.6) is 11.5 Å². The smallest absolute Gasteiger partial charge is 0.132 e. The largest absolute Gasteiger partial charge is 0.496 e. The van der Waals surface area contributed by atoms with Gasteiger partial charge in [0.25, 0.3) is 0 Å². The lowest BCUT2D eigenvalue weighted by atomic mass is 9.75. The SMILES string of the molecule is COc1ccc(C)c(-c2c(C(C)C)cc(C(C)C)c(-c3ccccc3)c2C(C)C)c1I.COc1ccc(C)c(-c2c(C(C)C)cc(C(C)C)c(-c3ccccc3)c2C(C)C)c1P(C(C)(C)C)C(C)(C)C. The molecule has 0 aromatic heterocycles. The van der Waals surface area contributed by atoms with Crippen molar-refractivity contribution in [2.24, 2.45) is 0 Å². The molecule has 6 aromatic rings. The van der Waals surface area contributed by atoms with E-state index in [0.717, 1.165) is 11.5 Å². The molecule has 0 heterocycles. The molecule has 0 aliphatic rings. The van der Waals surface area contributed by atoms with Gasteiger partial charge in [0.2, 0.25) is 0 Å². The number of aryl methyl sites for hydroxylation is 2. The first-order valence-corrected chi connectivity index (χ1v) is 28.5. The Morgan fingerprint density at radius 1 is 0.400 bits per heavy atom. The molecule has 0 fully saturated rings. The van der Waals surface area contributed by atoms with E-state index in [9.17, 15) is 0 Å². The highest BCUT2D eigenvalue weighted by Crippen LogP contribution is 2.62. The first kappa shape index (κ1) is 57.0. The monoisotopic (exact) mass is 1070 g/mol. The number of rotatable bonds is 13. The van der Waals surface area contributed by atoms with E-state index in [-0.39, 0.29) is 10.3 Å². The van der Waals surface area contributed by atoms with Crippen molar-refractivity contribution in [2.45, 2.75) is 184 Å². The van der Waals surface area contributed by atoms with E-state index in [1.54, 1.807) is 7.11 Å². The molecular weight excluding hydrogens is 983 g/mol. The normalized spacial score (nSPS) is 12.3. The minimum absolute atomic E-state index is 0.111. The van der Waals surface area contributed by atoms with Gasteiger partial charge in [-0.1, -0.05) is 217 Å². The van der Waals surface area contributed by atoms with Gasteiger partial charge in [-0.2, -0.15) is 0 Å². The van der Waals surface area contributed by atoms with Gasteiger partial charge in [-0.15, -0.1) is 0 Å². The lowest BCUT2D eigenvalue weighted by molar-refractivity contribution is 0.412. The second kappa shape index (κ2) is 23.3. The number of methoxy groups -OCH3 is 2. The summed E-state index contributed by atoms with van der Waals surface area (Å²) in [6, 6.07) is 35.8. The molecule has 4 heteroatoms. The molecule has 0 amide bonds. The van der Waals surface area contributed by atoms with Crippen LogP contribution in [0.15, 0.2) is 97.1 Å². The lowest BCUT2D eigenvalue weighted by Gasteiger charge is -2.44. The molecular formula is C66H88IO2P. The van der Waals surface area contributed by atoms with Crippen LogP contribution in [0.1, 0.15) is 205 Å². The van der Waals surface area contributed by atoms with Gasteiger partial charge in [-0.3, -0.25) is 0 Å². The van der Waals surface area contributed by atoms with Crippen LogP contribution in [0, 0.1) is 17.4 Å². The Hall–Kier alpha value is -3.92. The second-order valence-electron chi connectivity index (χ2n) is 23.4. The van der Waals surface area contributed by atoms with Gasteiger partial charge in [-0.05, 0) is 178 Å². The van der Waals surface area contributed by atoms with Crippen LogP contribution >= 0.6 is 30.5 Å². The van der Waals surface area contributed by atoms with Crippen molar-refractivity contribution in [2.75, 3.05) is 14.2 Å². The van der Waals surface area contributed by atoms with Crippen LogP contribution in [0.25, 0.3) is 44.5 Å². The summed E-state index contributed by atoms with van der Waals surface area (Å²) < 4.78 is 13.2. The predicted octanol–water partition coefficient (Wildman–Crippen LogP) is 20.7. The van der Waals surface area contributed by atoms with Crippen LogP contribution in [-0.4, -0.2) is 24.5 Å². The van der Waals surface area contributed by atoms with Crippen molar-refractivity contribution in [3.8, 4) is 56.0 Å². The third-order valence-corrected chi connectivity index (χ3v) is 18.4. The number of hydrogen-bond acceptors (Lipinski definition) is 2. The summed E-state index contributed by atoms with van der Waals surface area (Å²) >= 11 is 2.47. The maximum absolute atomic E-state index is 6.23. The number of halogens is 1. The molecule has 0 spiro atoms. The van der Waals surface area contributed by atoms with E-state index in [1.807, 2.05) is 7.11 Å². The Morgan fingerprint density at radius 2 is 0.729 bits per heavy atom. The zero-order chi connectivity index (χ0) is 52.3. The van der Waals surface area contributed by atoms with Crippen molar-refractivity contribution < 1.29 is 9.47 Å². The molecule has 0 unspecified atom stereocenters. The summed E-state index contributed by atoms with van der Waals surface area (Å²) in [6.45, 7) is 47.1. The molecule has 70 heavy (non-hydrogen) atoms. The van der Waals surface area contributed by atoms with Crippen molar-refractivity contribution in [1.29, 1.82) is 0 Å². The van der Waals surface area contributed by atoms with Crippen LogP contribution in [0.2, 0.25) is 0 Å². The maximum Gasteiger partial charge on any atom is 0.132 e. The minimum Gasteiger partial charge on any atom is -0.496 e. The molecule has 6 rings (SSSR count). The zero-order valence-electron chi connectivity index (χ0n) is 47.3. The van der Waals surface area contributed by atoms with E-state index in [2.05, 4.69) is 258 Å². The maximum atomic E-state index is 6.23. The van der Waals surface area contributed by atoms with Gasteiger partial charge in [-0.25, -0.2) is 0 Å². The van der Waals surface area contributed by atoms with Gasteiger partial charge >= 0.3 is 0 Å². The Balaban J connectivity index is 0.000000267. The number of benzene rings is 6. The van der Waals surface area contributed by atoms with E-state index in [1.165, 1.54) is 97.9 Å². The Morgan fingerprint density at radius 3 is 1.06 bits per heavy atom. The van der Waals surface area contributed by atoms with Crippen molar-refractivity contribution in [3.05, 3.63) is 145 Å². The van der Waals surface area contributed by atoms with Crippen LogP contribution in [-0.2, 0) is 0 Å². The average Bonchev–Trinajstić information content (AvgIpc) is 3.27. The van der Waals surface area contributed by atoms with Gasteiger partial charge in [0, 0.05) is 10.9 Å². The Kier molecular flexibility index (Phi) is 19.0. The lowest BCUT2D eigenvalue weighted by Crippen LogP contribution is -2.33. The summed E-state index contributed by atoms with van der Waals surface area (Å²) in [4.78, 5) is 0. The molecule has 0 radical (unpaired) electrons. The van der Waals surface area contributed by atoms with Gasteiger partial charge in [0.15, 0.2) is 0 Å². The standard InChI is InChI=1S/C37H53OP.C29H35IO/c1-23(2)28-22-29(24(3)4)34(31(25(5)6)33(28)27-18-16-15-17-19-27)32-26(7)20-21-30(38-14)35(32)39(36(8,9)10)37(11,12)13;1-17(2)22-16-23(18(3)4)28(26-20(7)14-15-24(31-8)29(26)30)25(19(5)6)27(22)21-12-10-9-11-13-21/h15-25H,1-14H3;9-19H,1-8H3. The molecule has 0 aliphatic carbocycles. The van der Waals surface area contributed by atoms with Gasteiger partial charge in [0.05, 0.1) is 17.8 Å². The van der Waals surface area contributed by atoms with Gasteiger partial charge in [0.1, 0.15) is 11.5 Å². The molecule has 376 valence electrons.